The summed E-state index contributed by atoms with van der Waals surface area (Å²) in [6, 6.07) is 8.16. The van der Waals surface area contributed by atoms with Crippen LogP contribution in [0.25, 0.3) is 0 Å². The van der Waals surface area contributed by atoms with E-state index in [1.165, 1.54) is 19.3 Å². The number of carbonyl (C=O) groups excluding carboxylic acids is 1. The van der Waals surface area contributed by atoms with E-state index in [1.807, 2.05) is 24.3 Å². The van der Waals surface area contributed by atoms with Gasteiger partial charge in [-0.1, -0.05) is 38.3 Å². The van der Waals surface area contributed by atoms with Gasteiger partial charge in [0.05, 0.1) is 0 Å². The number of benzene rings is 1. The van der Waals surface area contributed by atoms with Gasteiger partial charge in [0, 0.05) is 11.6 Å². The Bertz CT molecular complexity index is 444. The molecule has 0 aliphatic heterocycles. The van der Waals surface area contributed by atoms with E-state index < -0.39 is 0 Å². The standard InChI is InChI=1S/C17H26N2O/c1-2-13-5-4-8-16(12-13)19-17(20)15-7-3-6-14(11-15)9-10-18/h3,6-7,11,13,16H,2,4-5,8-10,12,18H2,1H3,(H,19,20). The SMILES string of the molecule is CCC1CCCC(NC(=O)c2cccc(CCN)c2)C1. The molecule has 1 aromatic rings. The zero-order valence-electron chi connectivity index (χ0n) is 12.4. The van der Waals surface area contributed by atoms with Crippen molar-refractivity contribution in [1.82, 2.24) is 5.32 Å². The molecule has 1 fully saturated rings. The lowest BCUT2D eigenvalue weighted by atomic mass is 9.84. The number of nitrogens with one attached hydrogen (secondary N) is 1. The van der Waals surface area contributed by atoms with E-state index in [9.17, 15) is 4.79 Å². The first-order valence-corrected chi connectivity index (χ1v) is 7.82. The van der Waals surface area contributed by atoms with Gasteiger partial charge in [-0.2, -0.15) is 0 Å². The number of nitrogens with two attached hydrogens (primary N) is 1. The second kappa shape index (κ2) is 7.44. The molecule has 2 atom stereocenters. The van der Waals surface area contributed by atoms with Crippen molar-refractivity contribution in [2.24, 2.45) is 11.7 Å². The van der Waals surface area contributed by atoms with Crippen LogP contribution in [-0.2, 0) is 6.42 Å². The largest absolute Gasteiger partial charge is 0.349 e. The van der Waals surface area contributed by atoms with E-state index >= 15 is 0 Å². The molecule has 0 bridgehead atoms. The Kier molecular flexibility index (Phi) is 5.60. The maximum Gasteiger partial charge on any atom is 0.251 e. The van der Waals surface area contributed by atoms with Crippen molar-refractivity contribution in [3.8, 4) is 0 Å². The zero-order chi connectivity index (χ0) is 14.4. The first kappa shape index (κ1) is 15.0. The summed E-state index contributed by atoms with van der Waals surface area (Å²) >= 11 is 0. The topological polar surface area (TPSA) is 55.1 Å². The Hall–Kier alpha value is -1.35. The summed E-state index contributed by atoms with van der Waals surface area (Å²) in [4.78, 5) is 12.3. The second-order valence-corrected chi connectivity index (χ2v) is 5.85. The van der Waals surface area contributed by atoms with Crippen molar-refractivity contribution < 1.29 is 4.79 Å². The van der Waals surface area contributed by atoms with Gasteiger partial charge in [0.15, 0.2) is 0 Å². The van der Waals surface area contributed by atoms with Gasteiger partial charge in [0.2, 0.25) is 0 Å². The van der Waals surface area contributed by atoms with Crippen molar-refractivity contribution >= 4 is 5.91 Å². The Labute approximate surface area is 121 Å². The van der Waals surface area contributed by atoms with E-state index in [4.69, 9.17) is 5.73 Å². The lowest BCUT2D eigenvalue weighted by Gasteiger charge is -2.29. The predicted octanol–water partition coefficient (Wildman–Crippen LogP) is 2.89. The molecular formula is C17H26N2O. The van der Waals surface area contributed by atoms with E-state index in [0.717, 1.165) is 36.3 Å². The summed E-state index contributed by atoms with van der Waals surface area (Å²) in [6.45, 7) is 2.86. The van der Waals surface area contributed by atoms with Gasteiger partial charge >= 0.3 is 0 Å². The number of carbonyl (C=O) groups is 1. The Balaban J connectivity index is 1.95. The molecule has 2 unspecified atom stereocenters. The predicted molar refractivity (Wildman–Crippen MR) is 82.7 cm³/mol. The van der Waals surface area contributed by atoms with Crippen LogP contribution in [0.4, 0.5) is 0 Å². The van der Waals surface area contributed by atoms with E-state index in [1.54, 1.807) is 0 Å². The third-order valence-corrected chi connectivity index (χ3v) is 4.32. The summed E-state index contributed by atoms with van der Waals surface area (Å²) in [6.07, 6.45) is 6.84. The molecule has 1 aromatic carbocycles. The molecule has 110 valence electrons. The smallest absolute Gasteiger partial charge is 0.251 e. The summed E-state index contributed by atoms with van der Waals surface area (Å²) in [7, 11) is 0. The van der Waals surface area contributed by atoms with Crippen LogP contribution in [0.3, 0.4) is 0 Å². The third kappa shape index (κ3) is 4.07. The summed E-state index contributed by atoms with van der Waals surface area (Å²) in [5.41, 5.74) is 7.46. The zero-order valence-corrected chi connectivity index (χ0v) is 12.4. The fourth-order valence-corrected chi connectivity index (χ4v) is 3.10. The maximum atomic E-state index is 12.3. The molecule has 0 radical (unpaired) electrons. The summed E-state index contributed by atoms with van der Waals surface area (Å²) in [5, 5.41) is 3.20. The van der Waals surface area contributed by atoms with Crippen LogP contribution in [0.15, 0.2) is 24.3 Å². The van der Waals surface area contributed by atoms with Crippen LogP contribution in [0.2, 0.25) is 0 Å². The monoisotopic (exact) mass is 274 g/mol. The molecule has 2 rings (SSSR count). The molecule has 1 saturated carbocycles. The lowest BCUT2D eigenvalue weighted by molar-refractivity contribution is 0.0919. The molecule has 3 nitrogen and oxygen atoms in total. The van der Waals surface area contributed by atoms with Gasteiger partial charge in [-0.15, -0.1) is 0 Å². The minimum Gasteiger partial charge on any atom is -0.349 e. The minimum atomic E-state index is 0.0608. The molecule has 3 heteroatoms. The normalized spacial score (nSPS) is 22.5. The molecule has 3 N–H and O–H groups in total. The quantitative estimate of drug-likeness (QED) is 0.867. The average Bonchev–Trinajstić information content (AvgIpc) is 2.48. The fourth-order valence-electron chi connectivity index (χ4n) is 3.10. The first-order chi connectivity index (χ1) is 9.72. The van der Waals surface area contributed by atoms with E-state index in [2.05, 4.69) is 12.2 Å². The molecule has 1 amide bonds. The fraction of sp³-hybridized carbons (Fsp3) is 0.588. The van der Waals surface area contributed by atoms with Crippen LogP contribution in [0.1, 0.15) is 54.9 Å². The van der Waals surface area contributed by atoms with Gasteiger partial charge in [-0.25, -0.2) is 0 Å². The summed E-state index contributed by atoms with van der Waals surface area (Å²) in [5.74, 6) is 0.836. The van der Waals surface area contributed by atoms with Crippen molar-refractivity contribution in [1.29, 1.82) is 0 Å². The third-order valence-electron chi connectivity index (χ3n) is 4.32. The molecule has 1 aliphatic carbocycles. The number of hydrogen-bond donors (Lipinski definition) is 2. The van der Waals surface area contributed by atoms with Crippen LogP contribution in [0, 0.1) is 5.92 Å². The Morgan fingerprint density at radius 1 is 1.40 bits per heavy atom. The highest BCUT2D eigenvalue weighted by Crippen LogP contribution is 2.26. The minimum absolute atomic E-state index is 0.0608. The van der Waals surface area contributed by atoms with Gasteiger partial charge in [0.25, 0.3) is 5.91 Å². The van der Waals surface area contributed by atoms with Gasteiger partial charge < -0.3 is 11.1 Å². The highest BCUT2D eigenvalue weighted by Gasteiger charge is 2.22. The van der Waals surface area contributed by atoms with Gasteiger partial charge in [0.1, 0.15) is 0 Å². The average molecular weight is 274 g/mol. The Morgan fingerprint density at radius 3 is 3.00 bits per heavy atom. The molecule has 0 aromatic heterocycles. The van der Waals surface area contributed by atoms with Crippen LogP contribution >= 0.6 is 0 Å². The number of hydrogen-bond acceptors (Lipinski definition) is 2. The van der Waals surface area contributed by atoms with Crippen molar-refractivity contribution in [2.45, 2.75) is 51.5 Å². The van der Waals surface area contributed by atoms with Crippen LogP contribution < -0.4 is 11.1 Å². The number of rotatable bonds is 5. The van der Waals surface area contributed by atoms with Gasteiger partial charge in [-0.3, -0.25) is 4.79 Å². The van der Waals surface area contributed by atoms with Gasteiger partial charge in [-0.05, 0) is 49.4 Å². The van der Waals surface area contributed by atoms with Crippen molar-refractivity contribution in [2.75, 3.05) is 6.54 Å². The molecular weight excluding hydrogens is 248 g/mol. The molecule has 0 heterocycles. The Morgan fingerprint density at radius 2 is 2.25 bits per heavy atom. The van der Waals surface area contributed by atoms with E-state index in [0.29, 0.717) is 12.6 Å². The van der Waals surface area contributed by atoms with Crippen LogP contribution in [0.5, 0.6) is 0 Å². The second-order valence-electron chi connectivity index (χ2n) is 5.85. The highest BCUT2D eigenvalue weighted by molar-refractivity contribution is 5.94. The first-order valence-electron chi connectivity index (χ1n) is 7.82. The summed E-state index contributed by atoms with van der Waals surface area (Å²) < 4.78 is 0. The van der Waals surface area contributed by atoms with Crippen molar-refractivity contribution in [3.63, 3.8) is 0 Å². The molecule has 20 heavy (non-hydrogen) atoms. The highest BCUT2D eigenvalue weighted by atomic mass is 16.1. The lowest BCUT2D eigenvalue weighted by Crippen LogP contribution is -2.38. The molecule has 0 spiro atoms. The maximum absolute atomic E-state index is 12.3. The van der Waals surface area contributed by atoms with E-state index in [-0.39, 0.29) is 5.91 Å². The molecule has 0 saturated heterocycles. The van der Waals surface area contributed by atoms with Crippen molar-refractivity contribution in [3.05, 3.63) is 35.4 Å². The van der Waals surface area contributed by atoms with Crippen LogP contribution in [-0.4, -0.2) is 18.5 Å². The number of amides is 1. The molecule has 1 aliphatic rings.